The van der Waals surface area contributed by atoms with Gasteiger partial charge in [0, 0.05) is 31.0 Å². The van der Waals surface area contributed by atoms with Crippen molar-refractivity contribution in [2.45, 2.75) is 38.8 Å². The zero-order valence-corrected chi connectivity index (χ0v) is 13.4. The van der Waals surface area contributed by atoms with Crippen molar-refractivity contribution in [3.8, 4) is 0 Å². The molecular formula is C15H19N5OS. The van der Waals surface area contributed by atoms with Crippen LogP contribution >= 0.6 is 11.3 Å². The van der Waals surface area contributed by atoms with Crippen LogP contribution in [0.2, 0.25) is 0 Å². The van der Waals surface area contributed by atoms with Crippen molar-refractivity contribution < 1.29 is 0 Å². The maximum absolute atomic E-state index is 11.9. The lowest BCUT2D eigenvalue weighted by Gasteiger charge is -2.38. The Morgan fingerprint density at radius 3 is 2.77 bits per heavy atom. The first-order valence-electron chi connectivity index (χ1n) is 7.77. The van der Waals surface area contributed by atoms with Crippen LogP contribution in [0.1, 0.15) is 34.5 Å². The van der Waals surface area contributed by atoms with Crippen LogP contribution in [0.25, 0.3) is 0 Å². The highest BCUT2D eigenvalue weighted by molar-refractivity contribution is 7.11. The SMILES string of the molecule is Cc1nnc(CN2CC(Cn3nc(C4CC4)ccc3=O)C2)s1. The molecule has 0 aromatic carbocycles. The van der Waals surface area contributed by atoms with Crippen molar-refractivity contribution in [2.75, 3.05) is 13.1 Å². The van der Waals surface area contributed by atoms with E-state index in [1.54, 1.807) is 22.1 Å². The molecule has 0 spiro atoms. The minimum absolute atomic E-state index is 0.0163. The first-order chi connectivity index (χ1) is 10.7. The third-order valence-electron chi connectivity index (χ3n) is 4.27. The number of likely N-dealkylation sites (tertiary alicyclic amines) is 1. The zero-order valence-electron chi connectivity index (χ0n) is 12.6. The molecule has 2 aromatic rings. The van der Waals surface area contributed by atoms with E-state index in [1.807, 2.05) is 13.0 Å². The highest BCUT2D eigenvalue weighted by Gasteiger charge is 2.29. The minimum Gasteiger partial charge on any atom is -0.296 e. The summed E-state index contributed by atoms with van der Waals surface area (Å²) in [6, 6.07) is 3.56. The van der Waals surface area contributed by atoms with Crippen LogP contribution in [-0.2, 0) is 13.1 Å². The molecule has 0 amide bonds. The summed E-state index contributed by atoms with van der Waals surface area (Å²) in [5.74, 6) is 1.10. The monoisotopic (exact) mass is 317 g/mol. The van der Waals surface area contributed by atoms with Crippen molar-refractivity contribution in [1.29, 1.82) is 0 Å². The van der Waals surface area contributed by atoms with Gasteiger partial charge in [0.15, 0.2) is 0 Å². The smallest absolute Gasteiger partial charge is 0.266 e. The molecule has 0 radical (unpaired) electrons. The normalized spacial score (nSPS) is 19.3. The van der Waals surface area contributed by atoms with E-state index in [4.69, 9.17) is 0 Å². The zero-order chi connectivity index (χ0) is 15.1. The van der Waals surface area contributed by atoms with Crippen molar-refractivity contribution in [3.05, 3.63) is 38.2 Å². The van der Waals surface area contributed by atoms with Crippen LogP contribution in [0.3, 0.4) is 0 Å². The van der Waals surface area contributed by atoms with Gasteiger partial charge in [0.05, 0.1) is 18.8 Å². The maximum atomic E-state index is 11.9. The molecule has 0 unspecified atom stereocenters. The van der Waals surface area contributed by atoms with Gasteiger partial charge in [0.25, 0.3) is 5.56 Å². The summed E-state index contributed by atoms with van der Waals surface area (Å²) < 4.78 is 1.66. The first-order valence-corrected chi connectivity index (χ1v) is 8.58. The molecule has 0 bridgehead atoms. The molecule has 22 heavy (non-hydrogen) atoms. The second-order valence-corrected chi connectivity index (χ2v) is 7.59. The Hall–Kier alpha value is -1.60. The van der Waals surface area contributed by atoms with E-state index in [2.05, 4.69) is 20.2 Å². The summed E-state index contributed by atoms with van der Waals surface area (Å²) in [5, 5.41) is 14.8. The van der Waals surface area contributed by atoms with E-state index >= 15 is 0 Å². The largest absolute Gasteiger partial charge is 0.296 e. The lowest BCUT2D eigenvalue weighted by Crippen LogP contribution is -2.48. The number of rotatable bonds is 5. The summed E-state index contributed by atoms with van der Waals surface area (Å²) in [6.07, 6.45) is 2.42. The van der Waals surface area contributed by atoms with Crippen LogP contribution in [-0.4, -0.2) is 38.0 Å². The van der Waals surface area contributed by atoms with E-state index in [-0.39, 0.29) is 5.56 Å². The van der Waals surface area contributed by atoms with Gasteiger partial charge in [0.2, 0.25) is 0 Å². The van der Waals surface area contributed by atoms with Crippen molar-refractivity contribution in [1.82, 2.24) is 24.9 Å². The van der Waals surface area contributed by atoms with Gasteiger partial charge >= 0.3 is 0 Å². The third kappa shape index (κ3) is 2.96. The summed E-state index contributed by atoms with van der Waals surface area (Å²) in [5.41, 5.74) is 1.10. The molecule has 1 saturated carbocycles. The number of aromatic nitrogens is 4. The molecule has 1 aliphatic heterocycles. The van der Waals surface area contributed by atoms with Gasteiger partial charge in [-0.2, -0.15) is 5.10 Å². The minimum atomic E-state index is 0.0163. The van der Waals surface area contributed by atoms with Gasteiger partial charge in [0.1, 0.15) is 10.0 Å². The van der Waals surface area contributed by atoms with E-state index in [0.29, 0.717) is 11.8 Å². The Morgan fingerprint density at radius 2 is 2.09 bits per heavy atom. The van der Waals surface area contributed by atoms with E-state index < -0.39 is 0 Å². The van der Waals surface area contributed by atoms with Crippen LogP contribution in [0.4, 0.5) is 0 Å². The predicted molar refractivity (Wildman–Crippen MR) is 83.9 cm³/mol. The lowest BCUT2D eigenvalue weighted by molar-refractivity contribution is 0.0762. The Balaban J connectivity index is 1.34. The second-order valence-electron chi connectivity index (χ2n) is 6.33. The highest BCUT2D eigenvalue weighted by atomic mass is 32.1. The van der Waals surface area contributed by atoms with Crippen molar-refractivity contribution in [3.63, 3.8) is 0 Å². The van der Waals surface area contributed by atoms with Gasteiger partial charge in [-0.05, 0) is 25.8 Å². The molecule has 0 atom stereocenters. The number of hydrogen-bond acceptors (Lipinski definition) is 6. The molecule has 6 nitrogen and oxygen atoms in total. The Morgan fingerprint density at radius 1 is 1.27 bits per heavy atom. The van der Waals surface area contributed by atoms with E-state index in [1.165, 1.54) is 12.8 Å². The highest BCUT2D eigenvalue weighted by Crippen LogP contribution is 2.38. The number of aryl methyl sites for hydroxylation is 1. The Labute approximate surface area is 132 Å². The molecule has 7 heteroatoms. The Kier molecular flexibility index (Phi) is 3.54. The molecule has 116 valence electrons. The van der Waals surface area contributed by atoms with Crippen LogP contribution in [0.15, 0.2) is 16.9 Å². The standard InChI is InChI=1S/C15H19N5OS/c1-10-16-17-14(22-10)9-19-6-11(7-19)8-20-15(21)5-4-13(18-20)12-2-3-12/h4-5,11-12H,2-3,6-9H2,1H3. The Bertz CT molecular complexity index is 730. The first kappa shape index (κ1) is 14.0. The van der Waals surface area contributed by atoms with Crippen molar-refractivity contribution in [2.24, 2.45) is 5.92 Å². The third-order valence-corrected chi connectivity index (χ3v) is 5.10. The van der Waals surface area contributed by atoms with Crippen molar-refractivity contribution >= 4 is 11.3 Å². The average Bonchev–Trinajstić information content (AvgIpc) is 3.22. The topological polar surface area (TPSA) is 63.9 Å². The van der Waals surface area contributed by atoms with Gasteiger partial charge in [-0.25, -0.2) is 4.68 Å². The average molecular weight is 317 g/mol. The number of hydrogen-bond donors (Lipinski definition) is 0. The molecule has 1 saturated heterocycles. The fourth-order valence-corrected chi connectivity index (χ4v) is 3.70. The second kappa shape index (κ2) is 5.55. The summed E-state index contributed by atoms with van der Waals surface area (Å²) in [4.78, 5) is 14.3. The molecule has 3 heterocycles. The molecule has 1 aliphatic carbocycles. The van der Waals surface area contributed by atoms with Gasteiger partial charge in [-0.1, -0.05) is 0 Å². The summed E-state index contributed by atoms with van der Waals surface area (Å²) in [7, 11) is 0. The predicted octanol–water partition coefficient (Wildman–Crippen LogP) is 1.41. The van der Waals surface area contributed by atoms with Gasteiger partial charge < -0.3 is 0 Å². The van der Waals surface area contributed by atoms with E-state index in [9.17, 15) is 4.79 Å². The molecule has 4 rings (SSSR count). The fourth-order valence-electron chi connectivity index (χ4n) is 2.95. The van der Waals surface area contributed by atoms with Gasteiger partial charge in [-0.15, -0.1) is 21.5 Å². The molecule has 2 fully saturated rings. The summed E-state index contributed by atoms with van der Waals surface area (Å²) >= 11 is 1.65. The van der Waals surface area contributed by atoms with E-state index in [0.717, 1.165) is 41.9 Å². The molecule has 2 aliphatic rings. The molecular weight excluding hydrogens is 298 g/mol. The summed E-state index contributed by atoms with van der Waals surface area (Å²) in [6.45, 7) is 5.57. The maximum Gasteiger partial charge on any atom is 0.266 e. The number of nitrogens with zero attached hydrogens (tertiary/aromatic N) is 5. The van der Waals surface area contributed by atoms with Gasteiger partial charge in [-0.3, -0.25) is 9.69 Å². The van der Waals surface area contributed by atoms with Crippen LogP contribution in [0, 0.1) is 12.8 Å². The fraction of sp³-hybridized carbons (Fsp3) is 0.600. The quantitative estimate of drug-likeness (QED) is 0.834. The van der Waals surface area contributed by atoms with Crippen LogP contribution in [0.5, 0.6) is 0 Å². The molecule has 2 aromatic heterocycles. The lowest BCUT2D eigenvalue weighted by atomic mass is 10.0. The van der Waals surface area contributed by atoms with Crippen LogP contribution < -0.4 is 5.56 Å². The molecule has 0 N–H and O–H groups in total.